The molecule has 1 saturated heterocycles. The standard InChI is InChI=1S/C16H21ClN2O/c1-12-3-4-13(9-15(12)17)5-6-16(20)19-8-7-14(11-19)10-18-2/h3-6,9,14,18H,7-8,10-11H2,1-2H3. The fourth-order valence-electron chi connectivity index (χ4n) is 2.47. The fraction of sp³-hybridized carbons (Fsp3) is 0.438. The Hall–Kier alpha value is -1.32. The van der Waals surface area contributed by atoms with E-state index in [1.165, 1.54) is 0 Å². The van der Waals surface area contributed by atoms with Crippen molar-refractivity contribution in [3.63, 3.8) is 0 Å². The number of hydrogen-bond donors (Lipinski definition) is 1. The summed E-state index contributed by atoms with van der Waals surface area (Å²) < 4.78 is 0. The molecule has 0 bridgehead atoms. The third-order valence-electron chi connectivity index (χ3n) is 3.70. The molecule has 1 aliphatic heterocycles. The number of benzene rings is 1. The van der Waals surface area contributed by atoms with Crippen LogP contribution in [0.3, 0.4) is 0 Å². The molecule has 2 rings (SSSR count). The second-order valence-corrected chi connectivity index (χ2v) is 5.75. The first-order chi connectivity index (χ1) is 9.60. The maximum absolute atomic E-state index is 12.1. The Bertz CT molecular complexity index is 513. The van der Waals surface area contributed by atoms with Gasteiger partial charge < -0.3 is 10.2 Å². The first-order valence-electron chi connectivity index (χ1n) is 6.98. The first kappa shape index (κ1) is 15.1. The number of nitrogens with zero attached hydrogens (tertiary/aromatic N) is 1. The molecule has 1 aromatic rings. The molecule has 3 nitrogen and oxygen atoms in total. The fourth-order valence-corrected chi connectivity index (χ4v) is 2.66. The number of halogens is 1. The van der Waals surface area contributed by atoms with E-state index in [0.29, 0.717) is 5.92 Å². The third kappa shape index (κ3) is 3.84. The molecule has 1 amide bonds. The van der Waals surface area contributed by atoms with E-state index in [0.717, 1.165) is 42.2 Å². The summed E-state index contributed by atoms with van der Waals surface area (Å²) in [6.45, 7) is 4.64. The van der Waals surface area contributed by atoms with E-state index in [1.807, 2.05) is 43.1 Å². The van der Waals surface area contributed by atoms with E-state index in [1.54, 1.807) is 6.08 Å². The number of nitrogens with one attached hydrogen (secondary N) is 1. The lowest BCUT2D eigenvalue weighted by atomic mass is 10.1. The maximum Gasteiger partial charge on any atom is 0.246 e. The lowest BCUT2D eigenvalue weighted by Gasteiger charge is -2.14. The Morgan fingerprint density at radius 1 is 1.55 bits per heavy atom. The summed E-state index contributed by atoms with van der Waals surface area (Å²) in [6.07, 6.45) is 4.55. The van der Waals surface area contributed by atoms with Gasteiger partial charge in [-0.1, -0.05) is 23.7 Å². The van der Waals surface area contributed by atoms with Crippen molar-refractivity contribution in [3.8, 4) is 0 Å². The minimum atomic E-state index is 0.0836. The van der Waals surface area contributed by atoms with Gasteiger partial charge in [0.15, 0.2) is 0 Å². The van der Waals surface area contributed by atoms with Crippen molar-refractivity contribution in [2.75, 3.05) is 26.7 Å². The van der Waals surface area contributed by atoms with E-state index < -0.39 is 0 Å². The van der Waals surface area contributed by atoms with Crippen LogP contribution in [0.15, 0.2) is 24.3 Å². The van der Waals surface area contributed by atoms with Crippen molar-refractivity contribution >= 4 is 23.6 Å². The summed E-state index contributed by atoms with van der Waals surface area (Å²) in [6, 6.07) is 5.82. The number of carbonyl (C=O) groups excluding carboxylic acids is 1. The average molecular weight is 293 g/mol. The van der Waals surface area contributed by atoms with E-state index in [9.17, 15) is 4.79 Å². The quantitative estimate of drug-likeness (QED) is 0.866. The molecular weight excluding hydrogens is 272 g/mol. The van der Waals surface area contributed by atoms with Gasteiger partial charge in [0.2, 0.25) is 5.91 Å². The van der Waals surface area contributed by atoms with Gasteiger partial charge in [0.25, 0.3) is 0 Å². The minimum Gasteiger partial charge on any atom is -0.339 e. The zero-order chi connectivity index (χ0) is 14.5. The van der Waals surface area contributed by atoms with Gasteiger partial charge in [0, 0.05) is 24.2 Å². The van der Waals surface area contributed by atoms with Crippen LogP contribution in [0.25, 0.3) is 6.08 Å². The number of likely N-dealkylation sites (tertiary alicyclic amines) is 1. The van der Waals surface area contributed by atoms with Gasteiger partial charge >= 0.3 is 0 Å². The maximum atomic E-state index is 12.1. The molecule has 20 heavy (non-hydrogen) atoms. The summed E-state index contributed by atoms with van der Waals surface area (Å²) >= 11 is 6.07. The summed E-state index contributed by atoms with van der Waals surface area (Å²) in [5.74, 6) is 0.659. The smallest absolute Gasteiger partial charge is 0.246 e. The Labute approximate surface area is 125 Å². The van der Waals surface area contributed by atoms with E-state index >= 15 is 0 Å². The van der Waals surface area contributed by atoms with E-state index in [2.05, 4.69) is 5.32 Å². The summed E-state index contributed by atoms with van der Waals surface area (Å²) in [5, 5.41) is 3.90. The molecule has 1 N–H and O–H groups in total. The SMILES string of the molecule is CNCC1CCN(C(=O)C=Cc2ccc(C)c(Cl)c2)C1. The Balaban J connectivity index is 1.94. The highest BCUT2D eigenvalue weighted by Crippen LogP contribution is 2.19. The second-order valence-electron chi connectivity index (χ2n) is 5.34. The van der Waals surface area contributed by atoms with Crippen molar-refractivity contribution in [2.45, 2.75) is 13.3 Å². The predicted molar refractivity (Wildman–Crippen MR) is 83.8 cm³/mol. The highest BCUT2D eigenvalue weighted by molar-refractivity contribution is 6.31. The van der Waals surface area contributed by atoms with Crippen LogP contribution in [-0.2, 0) is 4.79 Å². The van der Waals surface area contributed by atoms with Crippen LogP contribution in [0, 0.1) is 12.8 Å². The Morgan fingerprint density at radius 2 is 2.35 bits per heavy atom. The van der Waals surface area contributed by atoms with Crippen LogP contribution >= 0.6 is 11.6 Å². The van der Waals surface area contributed by atoms with E-state index in [-0.39, 0.29) is 5.91 Å². The van der Waals surface area contributed by atoms with Crippen molar-refractivity contribution in [1.29, 1.82) is 0 Å². The zero-order valence-corrected chi connectivity index (χ0v) is 12.8. The van der Waals surface area contributed by atoms with E-state index in [4.69, 9.17) is 11.6 Å². The highest BCUT2D eigenvalue weighted by atomic mass is 35.5. The summed E-state index contributed by atoms with van der Waals surface area (Å²) in [4.78, 5) is 14.0. The van der Waals surface area contributed by atoms with Crippen LogP contribution in [0.5, 0.6) is 0 Å². The van der Waals surface area contributed by atoms with Gasteiger partial charge in [-0.15, -0.1) is 0 Å². The van der Waals surface area contributed by atoms with Gasteiger partial charge in [-0.2, -0.15) is 0 Å². The molecule has 4 heteroatoms. The molecule has 1 fully saturated rings. The van der Waals surface area contributed by atoms with Crippen LogP contribution in [0.4, 0.5) is 0 Å². The van der Waals surface area contributed by atoms with Gasteiger partial charge in [0.1, 0.15) is 0 Å². The number of amides is 1. The highest BCUT2D eigenvalue weighted by Gasteiger charge is 2.24. The van der Waals surface area contributed by atoms with Crippen molar-refractivity contribution in [3.05, 3.63) is 40.4 Å². The van der Waals surface area contributed by atoms with Gasteiger partial charge in [0.05, 0.1) is 0 Å². The topological polar surface area (TPSA) is 32.3 Å². The molecule has 0 spiro atoms. The molecule has 1 aliphatic rings. The molecule has 1 heterocycles. The molecule has 0 saturated carbocycles. The average Bonchev–Trinajstić information content (AvgIpc) is 2.89. The van der Waals surface area contributed by atoms with Crippen LogP contribution in [0.2, 0.25) is 5.02 Å². The number of rotatable bonds is 4. The lowest BCUT2D eigenvalue weighted by Crippen LogP contribution is -2.28. The van der Waals surface area contributed by atoms with Crippen molar-refractivity contribution in [2.24, 2.45) is 5.92 Å². The Kier molecular flexibility index (Phi) is 5.21. The van der Waals surface area contributed by atoms with Crippen LogP contribution in [0.1, 0.15) is 17.5 Å². The normalized spacial score (nSPS) is 18.9. The molecule has 1 aromatic carbocycles. The number of carbonyl (C=O) groups is 1. The largest absolute Gasteiger partial charge is 0.339 e. The van der Waals surface area contributed by atoms with Gasteiger partial charge in [-0.3, -0.25) is 4.79 Å². The number of hydrogen-bond acceptors (Lipinski definition) is 2. The lowest BCUT2D eigenvalue weighted by molar-refractivity contribution is -0.125. The first-order valence-corrected chi connectivity index (χ1v) is 7.35. The summed E-state index contributed by atoms with van der Waals surface area (Å²) in [5.41, 5.74) is 2.00. The van der Waals surface area contributed by atoms with Gasteiger partial charge in [-0.05, 0) is 56.1 Å². The molecule has 1 atom stereocenters. The monoisotopic (exact) mass is 292 g/mol. The molecule has 0 radical (unpaired) electrons. The molecule has 0 aromatic heterocycles. The molecule has 0 aliphatic carbocycles. The molecule has 1 unspecified atom stereocenters. The van der Waals surface area contributed by atoms with Crippen molar-refractivity contribution < 1.29 is 4.79 Å². The minimum absolute atomic E-state index is 0.0836. The van der Waals surface area contributed by atoms with Crippen LogP contribution < -0.4 is 5.32 Å². The molecule has 108 valence electrons. The van der Waals surface area contributed by atoms with Crippen molar-refractivity contribution in [1.82, 2.24) is 10.2 Å². The summed E-state index contributed by atoms with van der Waals surface area (Å²) in [7, 11) is 1.95. The Morgan fingerprint density at radius 3 is 3.05 bits per heavy atom. The number of aryl methyl sites for hydroxylation is 1. The molecular formula is C16H21ClN2O. The third-order valence-corrected chi connectivity index (χ3v) is 4.11. The van der Waals surface area contributed by atoms with Crippen LogP contribution in [-0.4, -0.2) is 37.5 Å². The second kappa shape index (κ2) is 6.91. The zero-order valence-electron chi connectivity index (χ0n) is 12.0. The van der Waals surface area contributed by atoms with Gasteiger partial charge in [-0.25, -0.2) is 0 Å². The predicted octanol–water partition coefficient (Wildman–Crippen LogP) is 2.73.